The van der Waals surface area contributed by atoms with E-state index < -0.39 is 23.3 Å². The Kier molecular flexibility index (Phi) is 6.88. The van der Waals surface area contributed by atoms with Gasteiger partial charge in [-0.05, 0) is 74.0 Å². The summed E-state index contributed by atoms with van der Waals surface area (Å²) in [6.45, 7) is 13.0. The molecule has 0 radical (unpaired) electrons. The fourth-order valence-corrected chi connectivity index (χ4v) is 10.2. The standard InChI is InChI=1S/C32H46O8/c1-28(2,16-24(35)37-7)26(27(36)38-8)25-18-9-10-21-31(6,30(18,5)13-11-19(25)33)14-12-20-29(3,4)40-22-15-23(34)39-17-32(20,21)22/h20-22,26H,9-17H2,1-8H3/t20-,21-,22-,26-,30+,31+,32-/m0/s1. The molecule has 0 aromatic heterocycles. The zero-order valence-corrected chi connectivity index (χ0v) is 25.4. The van der Waals surface area contributed by atoms with Crippen molar-refractivity contribution in [2.75, 3.05) is 20.8 Å². The van der Waals surface area contributed by atoms with E-state index in [9.17, 15) is 19.2 Å². The van der Waals surface area contributed by atoms with E-state index in [2.05, 4.69) is 27.7 Å². The third kappa shape index (κ3) is 3.87. The molecule has 5 rings (SSSR count). The van der Waals surface area contributed by atoms with Crippen LogP contribution in [0.3, 0.4) is 0 Å². The van der Waals surface area contributed by atoms with Crippen LogP contribution in [-0.2, 0) is 38.1 Å². The van der Waals surface area contributed by atoms with Gasteiger partial charge < -0.3 is 18.9 Å². The van der Waals surface area contributed by atoms with E-state index in [0.29, 0.717) is 31.4 Å². The highest BCUT2D eigenvalue weighted by atomic mass is 16.6. The average Bonchev–Trinajstić information content (AvgIpc) is 3.11. The van der Waals surface area contributed by atoms with Gasteiger partial charge in [0.15, 0.2) is 5.78 Å². The van der Waals surface area contributed by atoms with Crippen molar-refractivity contribution in [1.29, 1.82) is 0 Å². The number of fused-ring (bicyclic) bond motifs is 3. The molecule has 40 heavy (non-hydrogen) atoms. The molecule has 0 aromatic rings. The van der Waals surface area contributed by atoms with E-state index in [0.717, 1.165) is 24.8 Å². The largest absolute Gasteiger partial charge is 0.469 e. The van der Waals surface area contributed by atoms with Crippen LogP contribution < -0.4 is 0 Å². The van der Waals surface area contributed by atoms with E-state index >= 15 is 0 Å². The van der Waals surface area contributed by atoms with Crippen molar-refractivity contribution in [2.45, 2.75) is 105 Å². The number of carbonyl (C=O) groups excluding carboxylic acids is 4. The van der Waals surface area contributed by atoms with Crippen LogP contribution in [0.25, 0.3) is 0 Å². The number of rotatable bonds is 5. The van der Waals surface area contributed by atoms with Crippen LogP contribution in [0.15, 0.2) is 11.1 Å². The number of ketones is 1. The molecule has 0 amide bonds. The molecule has 0 unspecified atom stereocenters. The molecular weight excluding hydrogens is 512 g/mol. The second-order valence-corrected chi connectivity index (χ2v) is 14.6. The molecule has 2 heterocycles. The van der Waals surface area contributed by atoms with Gasteiger partial charge in [-0.15, -0.1) is 0 Å². The van der Waals surface area contributed by atoms with Gasteiger partial charge in [-0.2, -0.15) is 0 Å². The van der Waals surface area contributed by atoms with Gasteiger partial charge in [-0.25, -0.2) is 0 Å². The lowest BCUT2D eigenvalue weighted by Gasteiger charge is -2.67. The Hall–Kier alpha value is -2.22. The summed E-state index contributed by atoms with van der Waals surface area (Å²) < 4.78 is 22.7. The van der Waals surface area contributed by atoms with E-state index in [4.69, 9.17) is 18.9 Å². The van der Waals surface area contributed by atoms with Gasteiger partial charge in [-0.3, -0.25) is 19.2 Å². The second kappa shape index (κ2) is 9.40. The third-order valence-corrected chi connectivity index (χ3v) is 12.2. The molecule has 3 aliphatic carbocycles. The second-order valence-electron chi connectivity index (χ2n) is 14.6. The molecule has 5 aliphatic rings. The van der Waals surface area contributed by atoms with E-state index in [1.165, 1.54) is 14.2 Å². The van der Waals surface area contributed by atoms with Crippen LogP contribution in [0.5, 0.6) is 0 Å². The number of cyclic esters (lactones) is 1. The smallest absolute Gasteiger partial charge is 0.313 e. The van der Waals surface area contributed by atoms with Crippen molar-refractivity contribution >= 4 is 23.7 Å². The maximum absolute atomic E-state index is 13.8. The Morgan fingerprint density at radius 3 is 2.35 bits per heavy atom. The molecule has 8 nitrogen and oxygen atoms in total. The molecule has 2 saturated carbocycles. The molecule has 2 aliphatic heterocycles. The Labute approximate surface area is 237 Å². The van der Waals surface area contributed by atoms with Gasteiger partial charge in [0.05, 0.1) is 44.7 Å². The monoisotopic (exact) mass is 558 g/mol. The molecule has 0 bridgehead atoms. The van der Waals surface area contributed by atoms with Crippen molar-refractivity contribution in [3.8, 4) is 0 Å². The van der Waals surface area contributed by atoms with Crippen LogP contribution in [0.1, 0.15) is 92.9 Å². The minimum Gasteiger partial charge on any atom is -0.469 e. The Morgan fingerprint density at radius 2 is 1.70 bits per heavy atom. The lowest BCUT2D eigenvalue weighted by Crippen LogP contribution is -2.65. The Balaban J connectivity index is 1.65. The summed E-state index contributed by atoms with van der Waals surface area (Å²) >= 11 is 0. The highest BCUT2D eigenvalue weighted by Crippen LogP contribution is 2.74. The predicted octanol–water partition coefficient (Wildman–Crippen LogP) is 4.97. The fourth-order valence-electron chi connectivity index (χ4n) is 10.2. The van der Waals surface area contributed by atoms with E-state index in [1.54, 1.807) is 0 Å². The first-order valence-electron chi connectivity index (χ1n) is 14.8. The lowest BCUT2D eigenvalue weighted by atomic mass is 9.36. The van der Waals surface area contributed by atoms with Gasteiger partial charge in [0, 0.05) is 17.4 Å². The molecule has 222 valence electrons. The Bertz CT molecular complexity index is 1170. The summed E-state index contributed by atoms with van der Waals surface area (Å²) in [5.74, 6) is -1.49. The van der Waals surface area contributed by atoms with Crippen molar-refractivity contribution in [2.24, 2.45) is 39.4 Å². The molecule has 4 fully saturated rings. The van der Waals surface area contributed by atoms with Crippen molar-refractivity contribution in [1.82, 2.24) is 0 Å². The SMILES string of the molecule is COC(=O)CC(C)(C)[C@H](C(=O)OC)C1=C2CC[C@@H]3[C@@]45COC(=O)C[C@@H]4OC(C)(C)[C@@H]5CC[C@@]3(C)[C@]2(C)CCC1=O. The maximum atomic E-state index is 13.8. The summed E-state index contributed by atoms with van der Waals surface area (Å²) in [4.78, 5) is 52.0. The molecule has 8 heteroatoms. The zero-order chi connectivity index (χ0) is 29.5. The van der Waals surface area contributed by atoms with Gasteiger partial charge in [0.2, 0.25) is 0 Å². The third-order valence-electron chi connectivity index (χ3n) is 12.2. The van der Waals surface area contributed by atoms with Gasteiger partial charge in [0.25, 0.3) is 0 Å². The zero-order valence-electron chi connectivity index (χ0n) is 25.4. The first kappa shape index (κ1) is 29.3. The van der Waals surface area contributed by atoms with Gasteiger partial charge >= 0.3 is 17.9 Å². The maximum Gasteiger partial charge on any atom is 0.313 e. The molecule has 2 saturated heterocycles. The van der Waals surface area contributed by atoms with Crippen molar-refractivity contribution in [3.63, 3.8) is 0 Å². The summed E-state index contributed by atoms with van der Waals surface area (Å²) in [5.41, 5.74) is -0.439. The number of Topliss-reactive ketones (excluding diaryl/α,β-unsaturated/α-hetero) is 1. The number of hydrogen-bond donors (Lipinski definition) is 0. The van der Waals surface area contributed by atoms with Crippen LogP contribution >= 0.6 is 0 Å². The number of ether oxygens (including phenoxy) is 4. The minimum atomic E-state index is -0.878. The predicted molar refractivity (Wildman–Crippen MR) is 146 cm³/mol. The highest BCUT2D eigenvalue weighted by Gasteiger charge is 2.73. The van der Waals surface area contributed by atoms with Gasteiger partial charge in [0.1, 0.15) is 6.61 Å². The highest BCUT2D eigenvalue weighted by molar-refractivity contribution is 6.03. The number of allylic oxidation sites excluding steroid dienone is 1. The van der Waals surface area contributed by atoms with E-state index in [1.807, 2.05) is 13.8 Å². The summed E-state index contributed by atoms with van der Waals surface area (Å²) in [5, 5.41) is 0. The quantitative estimate of drug-likeness (QED) is 0.344. The number of methoxy groups -OCH3 is 2. The van der Waals surface area contributed by atoms with Crippen LogP contribution in [0, 0.1) is 39.4 Å². The number of hydrogen-bond acceptors (Lipinski definition) is 8. The van der Waals surface area contributed by atoms with Crippen LogP contribution in [-0.4, -0.2) is 56.2 Å². The Morgan fingerprint density at radius 1 is 1.00 bits per heavy atom. The number of esters is 3. The molecule has 0 N–H and O–H groups in total. The van der Waals surface area contributed by atoms with Crippen LogP contribution in [0.4, 0.5) is 0 Å². The lowest BCUT2D eigenvalue weighted by molar-refractivity contribution is -0.200. The summed E-state index contributed by atoms with van der Waals surface area (Å²) in [6.07, 6.45) is 4.56. The van der Waals surface area contributed by atoms with E-state index in [-0.39, 0.29) is 64.4 Å². The minimum absolute atomic E-state index is 0.00576. The summed E-state index contributed by atoms with van der Waals surface area (Å²) in [7, 11) is 2.67. The van der Waals surface area contributed by atoms with Crippen LogP contribution in [0.2, 0.25) is 0 Å². The number of carbonyl (C=O) groups is 4. The normalized spacial score (nSPS) is 39.2. The summed E-state index contributed by atoms with van der Waals surface area (Å²) in [6, 6.07) is 0. The van der Waals surface area contributed by atoms with Crippen molar-refractivity contribution < 1.29 is 38.1 Å². The first-order valence-corrected chi connectivity index (χ1v) is 14.8. The average molecular weight is 559 g/mol. The first-order chi connectivity index (χ1) is 18.6. The topological polar surface area (TPSA) is 105 Å². The fraction of sp³-hybridized carbons (Fsp3) is 0.812. The molecular formula is C32H46O8. The molecule has 1 spiro atoms. The molecule has 0 aromatic carbocycles. The molecule has 7 atom stereocenters. The van der Waals surface area contributed by atoms with Gasteiger partial charge in [-0.1, -0.05) is 33.3 Å². The van der Waals surface area contributed by atoms with Crippen molar-refractivity contribution in [3.05, 3.63) is 11.1 Å².